The Morgan fingerprint density at radius 2 is 0.200 bits per heavy atom. The van der Waals surface area contributed by atoms with Gasteiger partial charge in [-0.1, -0.05) is 72.4 Å². The first-order valence-electron chi connectivity index (χ1n) is 13.1. The summed E-state index contributed by atoms with van der Waals surface area (Å²) < 4.78 is 0. The SMILES string of the molecule is C=CC(N)=O.C=CC(N)=O.C=CC(N)=O.C=CC(N)=O.C=CC(N)=O.C=CC(N)=O.C=CC(N)=O.C=CC(N)=O.C=CC(N)=O.C=CC(N)=O.C=CC(N)=O. The Morgan fingerprint density at radius 3 is 0.200 bits per heavy atom. The van der Waals surface area contributed by atoms with E-state index in [0.717, 1.165) is 66.8 Å². The van der Waals surface area contributed by atoms with Crippen LogP contribution in [0.25, 0.3) is 0 Å². The molecule has 0 aromatic rings. The van der Waals surface area contributed by atoms with Gasteiger partial charge in [0.15, 0.2) is 0 Å². The minimum absolute atomic E-state index is 0.481. The van der Waals surface area contributed by atoms with Crippen molar-refractivity contribution in [3.63, 3.8) is 0 Å². The maximum Gasteiger partial charge on any atom is 0.240 e. The summed E-state index contributed by atoms with van der Waals surface area (Å²) in [5.74, 6) is -5.30. The molecule has 0 atom stereocenters. The van der Waals surface area contributed by atoms with Gasteiger partial charge in [0.25, 0.3) is 0 Å². The van der Waals surface area contributed by atoms with Crippen LogP contribution < -0.4 is 63.1 Å². The third-order valence-corrected chi connectivity index (χ3v) is 2.21. The summed E-state index contributed by atoms with van der Waals surface area (Å²) >= 11 is 0. The minimum Gasteiger partial charge on any atom is -0.366 e. The van der Waals surface area contributed by atoms with Crippen molar-refractivity contribution >= 4 is 65.0 Å². The fourth-order valence-electron chi connectivity index (χ4n) is 0. The molecule has 0 fully saturated rings. The third kappa shape index (κ3) is 480. The Labute approximate surface area is 319 Å². The Kier molecular flexibility index (Phi) is 98.9. The lowest BCUT2D eigenvalue weighted by molar-refractivity contribution is -0.114. The van der Waals surface area contributed by atoms with E-state index < -0.39 is 65.0 Å². The van der Waals surface area contributed by atoms with E-state index in [9.17, 15) is 52.7 Å². The van der Waals surface area contributed by atoms with Gasteiger partial charge in [-0.15, -0.1) is 0 Å². The van der Waals surface area contributed by atoms with Gasteiger partial charge in [-0.25, -0.2) is 0 Å². The topological polar surface area (TPSA) is 474 Å². The molecule has 55 heavy (non-hydrogen) atoms. The van der Waals surface area contributed by atoms with Crippen LogP contribution in [0.1, 0.15) is 0 Å². The van der Waals surface area contributed by atoms with Gasteiger partial charge in [0.2, 0.25) is 65.0 Å². The van der Waals surface area contributed by atoms with Crippen LogP contribution >= 0.6 is 0 Å². The monoisotopic (exact) mass is 781 g/mol. The molecular weight excluding hydrogens is 726 g/mol. The van der Waals surface area contributed by atoms with Crippen LogP contribution in [0.15, 0.2) is 139 Å². The fraction of sp³-hybridized carbons (Fsp3) is 0. The zero-order valence-electron chi connectivity index (χ0n) is 30.5. The van der Waals surface area contributed by atoms with Crippen molar-refractivity contribution in [2.75, 3.05) is 0 Å². The molecule has 0 aliphatic heterocycles. The Balaban J connectivity index is -0.0000000430. The minimum atomic E-state index is -0.481. The molecule has 0 bridgehead atoms. The molecule has 0 radical (unpaired) electrons. The van der Waals surface area contributed by atoms with Gasteiger partial charge in [-0.05, 0) is 66.8 Å². The largest absolute Gasteiger partial charge is 0.366 e. The van der Waals surface area contributed by atoms with E-state index in [1.54, 1.807) is 0 Å². The number of carbonyl (C=O) groups is 11. The first-order chi connectivity index (χ1) is 25.0. The molecule has 0 unspecified atom stereocenters. The van der Waals surface area contributed by atoms with Crippen LogP contribution in [0, 0.1) is 0 Å². The quantitative estimate of drug-likeness (QED) is 0.0904. The van der Waals surface area contributed by atoms with Gasteiger partial charge >= 0.3 is 0 Å². The number of rotatable bonds is 11. The number of hydrogen-bond donors (Lipinski definition) is 11. The molecular formula is C33H55N11O11. The van der Waals surface area contributed by atoms with Crippen molar-refractivity contribution < 1.29 is 52.7 Å². The molecule has 11 amide bonds. The summed E-state index contributed by atoms with van der Waals surface area (Å²) in [6, 6.07) is 0. The molecule has 0 saturated carbocycles. The van der Waals surface area contributed by atoms with Crippen molar-refractivity contribution in [1.82, 2.24) is 0 Å². The summed E-state index contributed by atoms with van der Waals surface area (Å²) in [7, 11) is 0. The molecule has 0 aromatic heterocycles. The number of hydrogen-bond acceptors (Lipinski definition) is 11. The van der Waals surface area contributed by atoms with Crippen LogP contribution in [0.2, 0.25) is 0 Å². The molecule has 22 nitrogen and oxygen atoms in total. The van der Waals surface area contributed by atoms with Gasteiger partial charge in [0, 0.05) is 0 Å². The van der Waals surface area contributed by atoms with Crippen LogP contribution in [-0.4, -0.2) is 65.0 Å². The van der Waals surface area contributed by atoms with Crippen LogP contribution in [0.4, 0.5) is 0 Å². The van der Waals surface area contributed by atoms with Crippen LogP contribution in [0.3, 0.4) is 0 Å². The van der Waals surface area contributed by atoms with Crippen LogP contribution in [0.5, 0.6) is 0 Å². The highest BCUT2D eigenvalue weighted by molar-refractivity contribution is 5.88. The summed E-state index contributed by atoms with van der Waals surface area (Å²) in [5.41, 5.74) is 49.9. The van der Waals surface area contributed by atoms with E-state index in [1.807, 2.05) is 0 Å². The second-order valence-corrected chi connectivity index (χ2v) is 6.67. The predicted molar refractivity (Wildman–Crippen MR) is 213 cm³/mol. The third-order valence-electron chi connectivity index (χ3n) is 2.21. The first-order valence-corrected chi connectivity index (χ1v) is 13.1. The average molecular weight is 782 g/mol. The first kappa shape index (κ1) is 76.3. The summed E-state index contributed by atoms with van der Waals surface area (Å²) in [6.45, 7) is 33.9. The van der Waals surface area contributed by atoms with Crippen molar-refractivity contribution in [3.05, 3.63) is 139 Å². The van der Waals surface area contributed by atoms with E-state index in [4.69, 9.17) is 0 Å². The van der Waals surface area contributed by atoms with Gasteiger partial charge in [-0.2, -0.15) is 0 Å². The van der Waals surface area contributed by atoms with E-state index >= 15 is 0 Å². The van der Waals surface area contributed by atoms with Gasteiger partial charge < -0.3 is 63.1 Å². The van der Waals surface area contributed by atoms with E-state index in [2.05, 4.69) is 135 Å². The van der Waals surface area contributed by atoms with Gasteiger partial charge in [0.1, 0.15) is 0 Å². The summed E-state index contributed by atoms with van der Waals surface area (Å²) in [4.78, 5) is 104. The molecule has 0 heterocycles. The number of nitrogens with two attached hydrogens (primary N) is 11. The molecule has 0 aromatic carbocycles. The van der Waals surface area contributed by atoms with Crippen molar-refractivity contribution in [3.8, 4) is 0 Å². The molecule has 0 saturated heterocycles. The lowest BCUT2D eigenvalue weighted by atomic mass is 10.6. The molecule has 0 aliphatic rings. The predicted octanol–water partition coefficient (Wildman–Crippen LogP) is -3.77. The standard InChI is InChI=1S/11C3H5NO/c11*1-2-3(4)5/h11*2H,1H2,(H2,4,5). The van der Waals surface area contributed by atoms with Crippen molar-refractivity contribution in [2.24, 2.45) is 63.1 Å². The summed E-state index contributed by atoms with van der Waals surface area (Å²) in [6.07, 6.45) is 11.6. The molecule has 0 spiro atoms. The normalized spacial score (nSPS) is 6.40. The molecule has 308 valence electrons. The van der Waals surface area contributed by atoms with Gasteiger partial charge in [-0.3, -0.25) is 52.7 Å². The Morgan fingerprint density at radius 1 is 0.182 bits per heavy atom. The number of primary amides is 11. The van der Waals surface area contributed by atoms with Crippen LogP contribution in [-0.2, 0) is 52.7 Å². The molecule has 0 aliphatic carbocycles. The van der Waals surface area contributed by atoms with Crippen molar-refractivity contribution in [1.29, 1.82) is 0 Å². The van der Waals surface area contributed by atoms with E-state index in [-0.39, 0.29) is 0 Å². The van der Waals surface area contributed by atoms with Crippen molar-refractivity contribution in [2.45, 2.75) is 0 Å². The lowest BCUT2D eigenvalue weighted by Gasteiger charge is -1.65. The van der Waals surface area contributed by atoms with Gasteiger partial charge in [0.05, 0.1) is 0 Å². The highest BCUT2D eigenvalue weighted by Crippen LogP contribution is 1.53. The average Bonchev–Trinajstić information content (AvgIpc) is 3.13. The Hall–Kier alpha value is -8.69. The smallest absolute Gasteiger partial charge is 0.240 e. The summed E-state index contributed by atoms with van der Waals surface area (Å²) in [5, 5.41) is 0. The highest BCUT2D eigenvalue weighted by Gasteiger charge is 1.73. The molecule has 22 heteroatoms. The highest BCUT2D eigenvalue weighted by atomic mass is 16.2. The number of carbonyl (C=O) groups excluding carboxylic acids is 11. The maximum absolute atomic E-state index is 9.47. The second kappa shape index (κ2) is 71.4. The van der Waals surface area contributed by atoms with E-state index in [0.29, 0.717) is 0 Å². The number of amides is 11. The fourth-order valence-corrected chi connectivity index (χ4v) is 0. The Bertz CT molecular complexity index is 980. The molecule has 0 rings (SSSR count). The lowest BCUT2D eigenvalue weighted by Crippen LogP contribution is -2.04. The second-order valence-electron chi connectivity index (χ2n) is 6.67. The zero-order chi connectivity index (χ0) is 47.1. The maximum atomic E-state index is 9.47. The zero-order valence-corrected chi connectivity index (χ0v) is 30.5. The molecule has 22 N–H and O–H groups in total. The van der Waals surface area contributed by atoms with E-state index in [1.165, 1.54) is 0 Å².